The van der Waals surface area contributed by atoms with E-state index in [4.69, 9.17) is 10.00 Å². The molecule has 0 saturated carbocycles. The lowest BCUT2D eigenvalue weighted by atomic mass is 10.1. The smallest absolute Gasteiger partial charge is 0.225 e. The van der Waals surface area contributed by atoms with Gasteiger partial charge in [0.2, 0.25) is 5.88 Å². The summed E-state index contributed by atoms with van der Waals surface area (Å²) in [6, 6.07) is 11.9. The number of rotatable bonds is 1. The van der Waals surface area contributed by atoms with Gasteiger partial charge in [0.1, 0.15) is 6.26 Å². The largest absolute Gasteiger partial charge is 0.445 e. The van der Waals surface area contributed by atoms with Crippen LogP contribution in [0.5, 0.6) is 5.88 Å². The van der Waals surface area contributed by atoms with Crippen LogP contribution in [0, 0.1) is 18.3 Å². The second-order valence-corrected chi connectivity index (χ2v) is 4.17. The molecule has 0 aliphatic carbocycles. The lowest BCUT2D eigenvalue weighted by Crippen LogP contribution is -2.05. The molecule has 0 bridgehead atoms. The van der Waals surface area contributed by atoms with Gasteiger partial charge in [0, 0.05) is 12.0 Å². The number of nitriles is 1. The van der Waals surface area contributed by atoms with Crippen LogP contribution in [-0.2, 0) is 6.42 Å². The van der Waals surface area contributed by atoms with Crippen LogP contribution in [0.3, 0.4) is 0 Å². The minimum Gasteiger partial charge on any atom is -0.445 e. The molecule has 3 rings (SSSR count). The molecule has 1 aliphatic heterocycles. The van der Waals surface area contributed by atoms with Crippen LogP contribution in [0.25, 0.3) is 5.69 Å². The third kappa shape index (κ3) is 1.57. The summed E-state index contributed by atoms with van der Waals surface area (Å²) < 4.78 is 7.32. The highest BCUT2D eigenvalue weighted by molar-refractivity contribution is 5.46. The Morgan fingerprint density at radius 2 is 2.11 bits per heavy atom. The maximum Gasteiger partial charge on any atom is 0.225 e. The number of allylic oxidation sites excluding steroid dienone is 1. The number of para-hydroxylation sites is 1. The molecule has 0 amide bonds. The fourth-order valence-corrected chi connectivity index (χ4v) is 2.03. The monoisotopic (exact) mass is 237 g/mol. The summed E-state index contributed by atoms with van der Waals surface area (Å²) in [5.74, 6) is 0.706. The van der Waals surface area contributed by atoms with Crippen molar-refractivity contribution in [2.45, 2.75) is 13.3 Å². The third-order valence-electron chi connectivity index (χ3n) is 2.96. The second kappa shape index (κ2) is 4.04. The summed E-state index contributed by atoms with van der Waals surface area (Å²) in [4.78, 5) is 0. The molecule has 1 aromatic carbocycles. The van der Waals surface area contributed by atoms with Gasteiger partial charge >= 0.3 is 0 Å². The van der Waals surface area contributed by atoms with Gasteiger partial charge in [-0.3, -0.25) is 0 Å². The van der Waals surface area contributed by atoms with Crippen molar-refractivity contribution < 1.29 is 4.74 Å². The molecular formula is C14H11N3O. The van der Waals surface area contributed by atoms with Crippen molar-refractivity contribution in [2.75, 3.05) is 0 Å². The number of hydrogen-bond acceptors (Lipinski definition) is 3. The standard InChI is InChI=1S/C14H11N3O/c1-10-13-7-11(8-15)9-18-14(13)17(16-10)12-5-3-2-4-6-12/h2-6,9H,7H2,1H3. The molecule has 18 heavy (non-hydrogen) atoms. The Bertz CT molecular complexity index is 662. The van der Waals surface area contributed by atoms with E-state index in [2.05, 4.69) is 11.2 Å². The molecule has 0 fully saturated rings. The Morgan fingerprint density at radius 3 is 2.83 bits per heavy atom. The number of nitrogens with zero attached hydrogens (tertiary/aromatic N) is 3. The number of fused-ring (bicyclic) bond motifs is 1. The molecular weight excluding hydrogens is 226 g/mol. The maximum absolute atomic E-state index is 8.91. The molecule has 0 N–H and O–H groups in total. The minimum atomic E-state index is 0.588. The van der Waals surface area contributed by atoms with Crippen LogP contribution in [0.15, 0.2) is 42.2 Å². The van der Waals surface area contributed by atoms with Crippen molar-refractivity contribution in [3.8, 4) is 17.6 Å². The first kappa shape index (κ1) is 10.6. The van der Waals surface area contributed by atoms with E-state index in [0.29, 0.717) is 17.9 Å². The van der Waals surface area contributed by atoms with E-state index in [9.17, 15) is 0 Å². The van der Waals surface area contributed by atoms with Gasteiger partial charge in [0.25, 0.3) is 0 Å². The highest BCUT2D eigenvalue weighted by Crippen LogP contribution is 2.31. The number of hydrogen-bond donors (Lipinski definition) is 0. The fourth-order valence-electron chi connectivity index (χ4n) is 2.03. The van der Waals surface area contributed by atoms with Crippen LogP contribution in [-0.4, -0.2) is 9.78 Å². The van der Waals surface area contributed by atoms with Crippen molar-refractivity contribution in [3.63, 3.8) is 0 Å². The van der Waals surface area contributed by atoms with Gasteiger partial charge in [-0.15, -0.1) is 0 Å². The molecule has 0 spiro atoms. The zero-order chi connectivity index (χ0) is 12.5. The van der Waals surface area contributed by atoms with Crippen LogP contribution in [0.2, 0.25) is 0 Å². The summed E-state index contributed by atoms with van der Waals surface area (Å²) in [6.07, 6.45) is 2.09. The molecule has 4 heteroatoms. The highest BCUT2D eigenvalue weighted by Gasteiger charge is 2.22. The lowest BCUT2D eigenvalue weighted by molar-refractivity contribution is 0.425. The quantitative estimate of drug-likeness (QED) is 0.765. The number of ether oxygens (including phenoxy) is 1. The Morgan fingerprint density at radius 1 is 1.33 bits per heavy atom. The summed E-state index contributed by atoms with van der Waals surface area (Å²) in [5, 5.41) is 13.4. The van der Waals surface area contributed by atoms with E-state index in [1.165, 1.54) is 6.26 Å². The van der Waals surface area contributed by atoms with E-state index < -0.39 is 0 Å². The molecule has 0 radical (unpaired) electrons. The van der Waals surface area contributed by atoms with Crippen LogP contribution in [0.1, 0.15) is 11.3 Å². The van der Waals surface area contributed by atoms with Crippen LogP contribution >= 0.6 is 0 Å². The zero-order valence-electron chi connectivity index (χ0n) is 9.92. The number of benzene rings is 1. The molecule has 0 saturated heterocycles. The summed E-state index contributed by atoms with van der Waals surface area (Å²) >= 11 is 0. The van der Waals surface area contributed by atoms with Gasteiger partial charge in [0.05, 0.1) is 23.0 Å². The molecule has 1 aromatic heterocycles. The van der Waals surface area contributed by atoms with Crippen molar-refractivity contribution >= 4 is 0 Å². The first-order valence-electron chi connectivity index (χ1n) is 5.69. The predicted octanol–water partition coefficient (Wildman–Crippen LogP) is 2.52. The van der Waals surface area contributed by atoms with Gasteiger partial charge in [-0.1, -0.05) is 18.2 Å². The van der Waals surface area contributed by atoms with Gasteiger partial charge in [-0.05, 0) is 19.1 Å². The second-order valence-electron chi connectivity index (χ2n) is 4.17. The molecule has 0 atom stereocenters. The van der Waals surface area contributed by atoms with Gasteiger partial charge in [-0.2, -0.15) is 10.4 Å². The van der Waals surface area contributed by atoms with E-state index in [1.807, 2.05) is 37.3 Å². The van der Waals surface area contributed by atoms with Crippen LogP contribution < -0.4 is 4.74 Å². The van der Waals surface area contributed by atoms with Crippen molar-refractivity contribution in [1.29, 1.82) is 5.26 Å². The topological polar surface area (TPSA) is 50.8 Å². The summed E-state index contributed by atoms with van der Waals surface area (Å²) in [6.45, 7) is 1.93. The molecule has 2 heterocycles. The first-order valence-corrected chi connectivity index (χ1v) is 5.69. The van der Waals surface area contributed by atoms with E-state index in [0.717, 1.165) is 16.9 Å². The predicted molar refractivity (Wildman–Crippen MR) is 66.3 cm³/mol. The molecule has 88 valence electrons. The van der Waals surface area contributed by atoms with E-state index in [1.54, 1.807) is 4.68 Å². The van der Waals surface area contributed by atoms with Gasteiger partial charge in [-0.25, -0.2) is 4.68 Å². The summed E-state index contributed by atoms with van der Waals surface area (Å²) in [7, 11) is 0. The zero-order valence-corrected chi connectivity index (χ0v) is 9.92. The van der Waals surface area contributed by atoms with Crippen molar-refractivity contribution in [3.05, 3.63) is 53.4 Å². The van der Waals surface area contributed by atoms with Gasteiger partial charge < -0.3 is 4.74 Å². The first-order chi connectivity index (χ1) is 8.79. The maximum atomic E-state index is 8.91. The van der Waals surface area contributed by atoms with Gasteiger partial charge in [0.15, 0.2) is 0 Å². The normalized spacial score (nSPS) is 13.2. The van der Waals surface area contributed by atoms with E-state index in [-0.39, 0.29) is 0 Å². The Labute approximate surface area is 105 Å². The third-order valence-corrected chi connectivity index (χ3v) is 2.96. The fraction of sp³-hybridized carbons (Fsp3) is 0.143. The minimum absolute atomic E-state index is 0.588. The molecule has 2 aromatic rings. The molecule has 4 nitrogen and oxygen atoms in total. The van der Waals surface area contributed by atoms with Crippen molar-refractivity contribution in [1.82, 2.24) is 9.78 Å². The number of aryl methyl sites for hydroxylation is 1. The van der Waals surface area contributed by atoms with Crippen molar-refractivity contribution in [2.24, 2.45) is 0 Å². The Kier molecular flexibility index (Phi) is 2.38. The molecule has 1 aliphatic rings. The lowest BCUT2D eigenvalue weighted by Gasteiger charge is -2.12. The number of aromatic nitrogens is 2. The Balaban J connectivity index is 2.11. The van der Waals surface area contributed by atoms with E-state index >= 15 is 0 Å². The average Bonchev–Trinajstić information content (AvgIpc) is 2.77. The highest BCUT2D eigenvalue weighted by atomic mass is 16.5. The Hall–Kier alpha value is -2.54. The molecule has 0 unspecified atom stereocenters. The SMILES string of the molecule is Cc1nn(-c2ccccc2)c2c1CC(C#N)=CO2. The summed E-state index contributed by atoms with van der Waals surface area (Å²) in [5.41, 5.74) is 3.46. The van der Waals surface area contributed by atoms with Crippen LogP contribution in [0.4, 0.5) is 0 Å². The average molecular weight is 237 g/mol.